The first-order chi connectivity index (χ1) is 8.92. The van der Waals surface area contributed by atoms with Gasteiger partial charge < -0.3 is 10.1 Å². The molecule has 0 saturated carbocycles. The number of hydrogen-bond donors (Lipinski definition) is 1. The highest BCUT2D eigenvalue weighted by atomic mass is 35.5. The maximum absolute atomic E-state index is 11.7. The minimum absolute atomic E-state index is 0.248. The Bertz CT molecular complexity index is 415. The van der Waals surface area contributed by atoms with Crippen LogP contribution < -0.4 is 5.32 Å². The molecule has 1 rings (SSSR count). The number of methoxy groups -OCH3 is 1. The van der Waals surface area contributed by atoms with Crippen LogP contribution in [0.1, 0.15) is 25.8 Å². The van der Waals surface area contributed by atoms with Crippen LogP contribution in [0.2, 0.25) is 10.0 Å². The molecular weight excluding hydrogens is 285 g/mol. The Morgan fingerprint density at radius 3 is 2.32 bits per heavy atom. The lowest BCUT2D eigenvalue weighted by atomic mass is 10.0. The van der Waals surface area contributed by atoms with Crippen molar-refractivity contribution in [2.75, 3.05) is 7.11 Å². The number of ether oxygens (including phenoxy) is 1. The smallest absolute Gasteiger partial charge is 0.322 e. The van der Waals surface area contributed by atoms with E-state index in [2.05, 4.69) is 19.2 Å². The van der Waals surface area contributed by atoms with Gasteiger partial charge in [-0.3, -0.25) is 4.79 Å². The Hall–Kier alpha value is -0.770. The summed E-state index contributed by atoms with van der Waals surface area (Å²) in [6, 6.07) is 5.01. The van der Waals surface area contributed by atoms with Crippen molar-refractivity contribution in [1.29, 1.82) is 0 Å². The number of hydrogen-bond acceptors (Lipinski definition) is 3. The fourth-order valence-corrected chi connectivity index (χ4v) is 2.40. The normalized spacial score (nSPS) is 12.5. The quantitative estimate of drug-likeness (QED) is 0.815. The third kappa shape index (κ3) is 5.81. The summed E-state index contributed by atoms with van der Waals surface area (Å²) in [5, 5.41) is 4.35. The number of esters is 1. The zero-order valence-electron chi connectivity index (χ0n) is 11.4. The standard InChI is InChI=1S/C14H19Cl2NO2/c1-9(2)4-13(14(18)19-3)17-8-10-5-11(15)7-12(16)6-10/h5-7,9,13,17H,4,8H2,1-3H3. The molecule has 1 unspecified atom stereocenters. The Kier molecular flexibility index (Phi) is 6.63. The summed E-state index contributed by atoms with van der Waals surface area (Å²) < 4.78 is 4.80. The van der Waals surface area contributed by atoms with E-state index in [9.17, 15) is 4.79 Å². The fourth-order valence-electron chi connectivity index (χ4n) is 1.83. The molecule has 0 fully saturated rings. The average Bonchev–Trinajstić information content (AvgIpc) is 2.31. The van der Waals surface area contributed by atoms with Crippen molar-refractivity contribution in [3.05, 3.63) is 33.8 Å². The molecule has 106 valence electrons. The van der Waals surface area contributed by atoms with Crippen LogP contribution in [0.15, 0.2) is 18.2 Å². The topological polar surface area (TPSA) is 38.3 Å². The Morgan fingerprint density at radius 1 is 1.26 bits per heavy atom. The lowest BCUT2D eigenvalue weighted by molar-refractivity contribution is -0.143. The van der Waals surface area contributed by atoms with E-state index < -0.39 is 0 Å². The maximum Gasteiger partial charge on any atom is 0.322 e. The van der Waals surface area contributed by atoms with E-state index in [4.69, 9.17) is 27.9 Å². The van der Waals surface area contributed by atoms with Crippen molar-refractivity contribution in [3.63, 3.8) is 0 Å². The van der Waals surface area contributed by atoms with E-state index in [0.717, 1.165) is 12.0 Å². The Labute approximate surface area is 124 Å². The van der Waals surface area contributed by atoms with Crippen LogP contribution in [-0.2, 0) is 16.1 Å². The van der Waals surface area contributed by atoms with Crippen LogP contribution in [0, 0.1) is 5.92 Å². The van der Waals surface area contributed by atoms with Gasteiger partial charge in [-0.2, -0.15) is 0 Å². The molecule has 0 bridgehead atoms. The second-order valence-corrected chi connectivity index (χ2v) is 5.74. The molecule has 0 aliphatic carbocycles. The molecule has 1 atom stereocenters. The van der Waals surface area contributed by atoms with Crippen LogP contribution in [0.4, 0.5) is 0 Å². The van der Waals surface area contributed by atoms with Crippen LogP contribution >= 0.6 is 23.2 Å². The molecule has 0 radical (unpaired) electrons. The van der Waals surface area contributed by atoms with Crippen molar-refractivity contribution in [2.24, 2.45) is 5.92 Å². The van der Waals surface area contributed by atoms with Crippen LogP contribution in [0.5, 0.6) is 0 Å². The highest BCUT2D eigenvalue weighted by Crippen LogP contribution is 2.19. The van der Waals surface area contributed by atoms with E-state index in [1.807, 2.05) is 12.1 Å². The summed E-state index contributed by atoms with van der Waals surface area (Å²) >= 11 is 11.9. The predicted octanol–water partition coefficient (Wildman–Crippen LogP) is 3.67. The monoisotopic (exact) mass is 303 g/mol. The van der Waals surface area contributed by atoms with E-state index in [1.165, 1.54) is 7.11 Å². The van der Waals surface area contributed by atoms with Crippen LogP contribution in [0.25, 0.3) is 0 Å². The van der Waals surface area contributed by atoms with Crippen molar-refractivity contribution in [2.45, 2.75) is 32.9 Å². The van der Waals surface area contributed by atoms with Crippen LogP contribution in [0.3, 0.4) is 0 Å². The lowest BCUT2D eigenvalue weighted by Crippen LogP contribution is -2.38. The molecule has 3 nitrogen and oxygen atoms in total. The molecule has 0 aromatic heterocycles. The van der Waals surface area contributed by atoms with Gasteiger partial charge >= 0.3 is 5.97 Å². The maximum atomic E-state index is 11.7. The summed E-state index contributed by atoms with van der Waals surface area (Å²) in [5.74, 6) is 0.154. The molecule has 1 aromatic carbocycles. The fraction of sp³-hybridized carbons (Fsp3) is 0.500. The van der Waals surface area contributed by atoms with E-state index >= 15 is 0 Å². The number of carbonyl (C=O) groups is 1. The highest BCUT2D eigenvalue weighted by Gasteiger charge is 2.19. The zero-order chi connectivity index (χ0) is 14.4. The number of benzene rings is 1. The molecule has 1 N–H and O–H groups in total. The summed E-state index contributed by atoms with van der Waals surface area (Å²) in [6.07, 6.45) is 0.723. The van der Waals surface area contributed by atoms with Crippen molar-refractivity contribution < 1.29 is 9.53 Å². The molecule has 0 spiro atoms. The van der Waals surface area contributed by atoms with Crippen molar-refractivity contribution in [1.82, 2.24) is 5.32 Å². The average molecular weight is 304 g/mol. The lowest BCUT2D eigenvalue weighted by Gasteiger charge is -2.18. The number of carbonyl (C=O) groups excluding carboxylic acids is 1. The molecule has 0 saturated heterocycles. The largest absolute Gasteiger partial charge is 0.468 e. The van der Waals surface area contributed by atoms with Gasteiger partial charge in [0.15, 0.2) is 0 Å². The number of halogens is 2. The van der Waals surface area contributed by atoms with E-state index in [1.54, 1.807) is 6.07 Å². The third-order valence-electron chi connectivity index (χ3n) is 2.67. The molecule has 5 heteroatoms. The van der Waals surface area contributed by atoms with Crippen molar-refractivity contribution in [3.8, 4) is 0 Å². The van der Waals surface area contributed by atoms with Gasteiger partial charge in [-0.25, -0.2) is 0 Å². The molecule has 0 heterocycles. The van der Waals surface area contributed by atoms with Gasteiger partial charge in [0.1, 0.15) is 6.04 Å². The first-order valence-electron chi connectivity index (χ1n) is 6.18. The molecule has 1 aromatic rings. The highest BCUT2D eigenvalue weighted by molar-refractivity contribution is 6.34. The van der Waals surface area contributed by atoms with Crippen LogP contribution in [-0.4, -0.2) is 19.1 Å². The number of rotatable bonds is 6. The molecule has 0 amide bonds. The van der Waals surface area contributed by atoms with Gasteiger partial charge in [0.2, 0.25) is 0 Å². The summed E-state index contributed by atoms with van der Waals surface area (Å²) in [6.45, 7) is 4.65. The number of nitrogens with one attached hydrogen (secondary N) is 1. The summed E-state index contributed by atoms with van der Waals surface area (Å²) in [4.78, 5) is 11.7. The van der Waals surface area contributed by atoms with E-state index in [0.29, 0.717) is 22.5 Å². The Balaban J connectivity index is 2.67. The summed E-state index contributed by atoms with van der Waals surface area (Å²) in [7, 11) is 1.40. The Morgan fingerprint density at radius 2 is 1.84 bits per heavy atom. The minimum atomic E-state index is -0.317. The van der Waals surface area contributed by atoms with Gasteiger partial charge in [0, 0.05) is 16.6 Å². The minimum Gasteiger partial charge on any atom is -0.468 e. The molecule has 0 aliphatic rings. The van der Waals surface area contributed by atoms with Gasteiger partial charge in [-0.1, -0.05) is 37.0 Å². The molecule has 0 aliphatic heterocycles. The first kappa shape index (κ1) is 16.3. The zero-order valence-corrected chi connectivity index (χ0v) is 12.9. The first-order valence-corrected chi connectivity index (χ1v) is 6.94. The third-order valence-corrected chi connectivity index (χ3v) is 3.10. The van der Waals surface area contributed by atoms with Crippen molar-refractivity contribution >= 4 is 29.2 Å². The van der Waals surface area contributed by atoms with E-state index in [-0.39, 0.29) is 12.0 Å². The molecular formula is C14H19Cl2NO2. The van der Waals surface area contributed by atoms with Gasteiger partial charge in [-0.15, -0.1) is 0 Å². The van der Waals surface area contributed by atoms with Gasteiger partial charge in [-0.05, 0) is 36.1 Å². The second kappa shape index (κ2) is 7.73. The van der Waals surface area contributed by atoms with Gasteiger partial charge in [0.25, 0.3) is 0 Å². The predicted molar refractivity (Wildman–Crippen MR) is 78.6 cm³/mol. The van der Waals surface area contributed by atoms with Gasteiger partial charge in [0.05, 0.1) is 7.11 Å². The molecule has 19 heavy (non-hydrogen) atoms. The second-order valence-electron chi connectivity index (χ2n) is 4.86. The summed E-state index contributed by atoms with van der Waals surface area (Å²) in [5.41, 5.74) is 0.940. The SMILES string of the molecule is COC(=O)C(CC(C)C)NCc1cc(Cl)cc(Cl)c1.